The van der Waals surface area contributed by atoms with E-state index >= 15 is 0 Å². The molecule has 0 aromatic heterocycles. The maximum Gasteiger partial charge on any atom is 0.328 e. The van der Waals surface area contributed by atoms with Gasteiger partial charge in [-0.05, 0) is 52.7 Å². The fourth-order valence-corrected chi connectivity index (χ4v) is 3.78. The van der Waals surface area contributed by atoms with Crippen molar-refractivity contribution < 1.29 is 33.4 Å². The van der Waals surface area contributed by atoms with E-state index in [2.05, 4.69) is 0 Å². The molecule has 0 radical (unpaired) electrons. The van der Waals surface area contributed by atoms with Gasteiger partial charge >= 0.3 is 17.9 Å². The third kappa shape index (κ3) is 4.47. The van der Waals surface area contributed by atoms with Crippen LogP contribution in [0.15, 0.2) is 30.3 Å². The maximum atomic E-state index is 13.4. The highest BCUT2D eigenvalue weighted by molar-refractivity contribution is 6.03. The van der Waals surface area contributed by atoms with Crippen molar-refractivity contribution in [2.24, 2.45) is 5.41 Å². The van der Waals surface area contributed by atoms with Crippen LogP contribution in [0.25, 0.3) is 0 Å². The Labute approximate surface area is 176 Å². The Morgan fingerprint density at radius 1 is 0.900 bits per heavy atom. The van der Waals surface area contributed by atoms with E-state index in [0.717, 1.165) is 0 Å². The number of carbonyl (C=O) groups is 4. The fourth-order valence-electron chi connectivity index (χ4n) is 3.78. The minimum Gasteiger partial charge on any atom is -0.465 e. The standard InChI is InChI=1S/C22H29NO7/c1-5-28-19(25)16-13-14-17(23(16)18(24)15-11-9-8-10-12-15)22(4,20(26)29-6-2)21(27)30-7-3/h8-12,16-17H,5-7,13-14H2,1-4H3/t16-,17-/m0/s1. The van der Waals surface area contributed by atoms with Crippen LogP contribution >= 0.6 is 0 Å². The molecule has 1 aromatic rings. The highest BCUT2D eigenvalue weighted by Crippen LogP contribution is 2.40. The lowest BCUT2D eigenvalue weighted by Gasteiger charge is -2.38. The van der Waals surface area contributed by atoms with Crippen LogP contribution in [-0.4, -0.2) is 60.6 Å². The van der Waals surface area contributed by atoms with Crippen LogP contribution in [0.4, 0.5) is 0 Å². The van der Waals surface area contributed by atoms with Gasteiger partial charge in [0.15, 0.2) is 5.41 Å². The van der Waals surface area contributed by atoms with E-state index in [1.807, 2.05) is 0 Å². The van der Waals surface area contributed by atoms with Gasteiger partial charge in [-0.1, -0.05) is 18.2 Å². The number of nitrogens with zero attached hydrogens (tertiary/aromatic N) is 1. The number of rotatable bonds is 8. The van der Waals surface area contributed by atoms with E-state index < -0.39 is 41.3 Å². The van der Waals surface area contributed by atoms with Gasteiger partial charge in [-0.2, -0.15) is 0 Å². The van der Waals surface area contributed by atoms with Crippen molar-refractivity contribution in [2.75, 3.05) is 19.8 Å². The first kappa shape index (κ1) is 23.4. The largest absolute Gasteiger partial charge is 0.465 e. The summed E-state index contributed by atoms with van der Waals surface area (Å²) in [5.74, 6) is -2.61. The first-order chi connectivity index (χ1) is 14.3. The highest BCUT2D eigenvalue weighted by Gasteiger charge is 2.58. The van der Waals surface area contributed by atoms with Crippen LogP contribution in [0.5, 0.6) is 0 Å². The zero-order valence-electron chi connectivity index (χ0n) is 17.9. The summed E-state index contributed by atoms with van der Waals surface area (Å²) in [6, 6.07) is 6.57. The summed E-state index contributed by atoms with van der Waals surface area (Å²) < 4.78 is 15.5. The molecule has 1 heterocycles. The maximum absolute atomic E-state index is 13.4. The minimum atomic E-state index is -1.78. The predicted molar refractivity (Wildman–Crippen MR) is 107 cm³/mol. The molecule has 0 aliphatic carbocycles. The first-order valence-corrected chi connectivity index (χ1v) is 10.2. The second kappa shape index (κ2) is 10.2. The molecular formula is C22H29NO7. The van der Waals surface area contributed by atoms with Crippen molar-refractivity contribution in [3.8, 4) is 0 Å². The molecule has 0 bridgehead atoms. The SMILES string of the molecule is CCOC(=O)[C@@H]1CC[C@@H](C(C)(C(=O)OCC)C(=O)OCC)N1C(=O)c1ccccc1. The Hall–Kier alpha value is -2.90. The second-order valence-electron chi connectivity index (χ2n) is 7.08. The number of benzene rings is 1. The summed E-state index contributed by atoms with van der Waals surface area (Å²) in [7, 11) is 0. The van der Waals surface area contributed by atoms with Crippen molar-refractivity contribution in [2.45, 2.75) is 52.6 Å². The second-order valence-corrected chi connectivity index (χ2v) is 7.08. The quantitative estimate of drug-likeness (QED) is 0.362. The fraction of sp³-hybridized carbons (Fsp3) is 0.545. The molecule has 2 atom stereocenters. The third-order valence-corrected chi connectivity index (χ3v) is 5.26. The van der Waals surface area contributed by atoms with Crippen LogP contribution < -0.4 is 0 Å². The Morgan fingerprint density at radius 2 is 1.43 bits per heavy atom. The number of amides is 1. The monoisotopic (exact) mass is 419 g/mol. The summed E-state index contributed by atoms with van der Waals surface area (Å²) in [4.78, 5) is 53.1. The highest BCUT2D eigenvalue weighted by atomic mass is 16.6. The van der Waals surface area contributed by atoms with Crippen LogP contribution in [0, 0.1) is 5.41 Å². The van der Waals surface area contributed by atoms with Crippen molar-refractivity contribution in [1.29, 1.82) is 0 Å². The number of ether oxygens (including phenoxy) is 3. The Kier molecular flexibility index (Phi) is 7.97. The average Bonchev–Trinajstić information content (AvgIpc) is 3.19. The number of esters is 3. The van der Waals surface area contributed by atoms with Gasteiger partial charge in [0.05, 0.1) is 25.9 Å². The molecule has 1 aliphatic rings. The molecule has 1 fully saturated rings. The Balaban J connectivity index is 2.54. The van der Waals surface area contributed by atoms with Gasteiger partial charge in [-0.25, -0.2) is 4.79 Å². The molecule has 30 heavy (non-hydrogen) atoms. The van der Waals surface area contributed by atoms with E-state index in [1.165, 1.54) is 11.8 Å². The molecule has 1 aromatic carbocycles. The molecule has 8 nitrogen and oxygen atoms in total. The Bertz CT molecular complexity index is 759. The minimum absolute atomic E-state index is 0.0640. The topological polar surface area (TPSA) is 99.2 Å². The number of hydrogen-bond donors (Lipinski definition) is 0. The molecular weight excluding hydrogens is 390 g/mol. The van der Waals surface area contributed by atoms with Gasteiger partial charge in [0.25, 0.3) is 5.91 Å². The number of carbonyl (C=O) groups excluding carboxylic acids is 4. The van der Waals surface area contributed by atoms with Crippen molar-refractivity contribution in [3.05, 3.63) is 35.9 Å². The van der Waals surface area contributed by atoms with Gasteiger partial charge in [0.2, 0.25) is 0 Å². The van der Waals surface area contributed by atoms with Gasteiger partial charge in [-0.15, -0.1) is 0 Å². The van der Waals surface area contributed by atoms with Gasteiger partial charge in [-0.3, -0.25) is 14.4 Å². The predicted octanol–water partition coefficient (Wildman–Crippen LogP) is 2.36. The van der Waals surface area contributed by atoms with Crippen LogP contribution in [-0.2, 0) is 28.6 Å². The lowest BCUT2D eigenvalue weighted by Crippen LogP contribution is -2.57. The molecule has 164 valence electrons. The summed E-state index contributed by atoms with van der Waals surface area (Å²) in [5, 5.41) is 0. The zero-order valence-corrected chi connectivity index (χ0v) is 17.9. The van der Waals surface area contributed by atoms with Crippen LogP contribution in [0.1, 0.15) is 50.9 Å². The number of hydrogen-bond acceptors (Lipinski definition) is 7. The molecule has 0 saturated carbocycles. The van der Waals surface area contributed by atoms with E-state index in [-0.39, 0.29) is 32.7 Å². The number of likely N-dealkylation sites (tertiary alicyclic amines) is 1. The van der Waals surface area contributed by atoms with Gasteiger partial charge in [0.1, 0.15) is 6.04 Å². The van der Waals surface area contributed by atoms with Crippen molar-refractivity contribution in [3.63, 3.8) is 0 Å². The van der Waals surface area contributed by atoms with Crippen LogP contribution in [0.2, 0.25) is 0 Å². The molecule has 8 heteroatoms. The summed E-state index contributed by atoms with van der Waals surface area (Å²) in [5.41, 5.74) is -1.44. The van der Waals surface area contributed by atoms with E-state index in [4.69, 9.17) is 14.2 Å². The molecule has 0 unspecified atom stereocenters. The summed E-state index contributed by atoms with van der Waals surface area (Å²) in [6.45, 7) is 6.63. The smallest absolute Gasteiger partial charge is 0.328 e. The van der Waals surface area contributed by atoms with Crippen molar-refractivity contribution in [1.82, 2.24) is 4.90 Å². The molecule has 2 rings (SSSR count). The summed E-state index contributed by atoms with van der Waals surface area (Å²) in [6.07, 6.45) is 0.507. The van der Waals surface area contributed by atoms with E-state index in [1.54, 1.807) is 51.1 Å². The van der Waals surface area contributed by atoms with E-state index in [9.17, 15) is 19.2 Å². The third-order valence-electron chi connectivity index (χ3n) is 5.26. The average molecular weight is 419 g/mol. The first-order valence-electron chi connectivity index (χ1n) is 10.2. The van der Waals surface area contributed by atoms with E-state index in [0.29, 0.717) is 5.56 Å². The van der Waals surface area contributed by atoms with Gasteiger partial charge < -0.3 is 19.1 Å². The van der Waals surface area contributed by atoms with Crippen molar-refractivity contribution >= 4 is 23.8 Å². The molecule has 1 saturated heterocycles. The van der Waals surface area contributed by atoms with Gasteiger partial charge in [0, 0.05) is 5.56 Å². The molecule has 1 aliphatic heterocycles. The normalized spacial score (nSPS) is 18.6. The van der Waals surface area contributed by atoms with Crippen LogP contribution in [0.3, 0.4) is 0 Å². The Morgan fingerprint density at radius 3 is 1.93 bits per heavy atom. The zero-order chi connectivity index (χ0) is 22.3. The lowest BCUT2D eigenvalue weighted by atomic mass is 9.80. The molecule has 0 N–H and O–H groups in total. The summed E-state index contributed by atoms with van der Waals surface area (Å²) >= 11 is 0. The lowest BCUT2D eigenvalue weighted by molar-refractivity contribution is -0.175. The molecule has 0 spiro atoms. The molecule has 1 amide bonds.